The Kier molecular flexibility index (Phi) is 4.95. The van der Waals surface area contributed by atoms with Crippen LogP contribution in [-0.4, -0.2) is 18.0 Å². The number of hydrogen-bond donors (Lipinski definition) is 3. The Labute approximate surface area is 115 Å². The number of aryl methyl sites for hydroxylation is 1. The average molecular weight is 263 g/mol. The summed E-state index contributed by atoms with van der Waals surface area (Å²) in [7, 11) is 0. The van der Waals surface area contributed by atoms with Gasteiger partial charge in [-0.25, -0.2) is 0 Å². The van der Waals surface area contributed by atoms with Crippen LogP contribution in [0, 0.1) is 12.8 Å². The third kappa shape index (κ3) is 4.24. The molecule has 1 unspecified atom stereocenters. The molecule has 106 valence electrons. The average Bonchev–Trinajstić information content (AvgIpc) is 2.31. The van der Waals surface area contributed by atoms with Gasteiger partial charge < -0.3 is 16.8 Å². The molecule has 4 nitrogen and oxygen atoms in total. The van der Waals surface area contributed by atoms with Crippen LogP contribution in [0.25, 0.3) is 0 Å². The highest BCUT2D eigenvalue weighted by Crippen LogP contribution is 2.18. The highest BCUT2D eigenvalue weighted by Gasteiger charge is 2.26. The molecule has 0 saturated carbocycles. The van der Waals surface area contributed by atoms with Gasteiger partial charge in [0.25, 0.3) is 5.91 Å². The molecule has 0 fully saturated rings. The summed E-state index contributed by atoms with van der Waals surface area (Å²) >= 11 is 0. The van der Waals surface area contributed by atoms with Crippen molar-refractivity contribution in [3.05, 3.63) is 29.3 Å². The molecule has 0 aromatic heterocycles. The normalized spacial score (nSPS) is 14.2. The lowest BCUT2D eigenvalue weighted by Gasteiger charge is -2.31. The minimum atomic E-state index is -0.387. The van der Waals surface area contributed by atoms with E-state index in [4.69, 9.17) is 11.5 Å². The minimum absolute atomic E-state index is 0.113. The number of carbonyl (C=O) groups excluding carboxylic acids is 1. The number of hydrogen-bond acceptors (Lipinski definition) is 3. The van der Waals surface area contributed by atoms with Gasteiger partial charge in [0.05, 0.1) is 0 Å². The second-order valence-corrected chi connectivity index (χ2v) is 5.89. The maximum absolute atomic E-state index is 12.4. The highest BCUT2D eigenvalue weighted by atomic mass is 16.1. The van der Waals surface area contributed by atoms with Crippen LogP contribution in [0.5, 0.6) is 0 Å². The maximum atomic E-state index is 12.4. The molecule has 0 aliphatic rings. The number of benzene rings is 1. The van der Waals surface area contributed by atoms with Crippen molar-refractivity contribution in [2.24, 2.45) is 11.7 Å². The molecule has 0 aliphatic carbocycles. The summed E-state index contributed by atoms with van der Waals surface area (Å²) in [5.74, 6) is 0.356. The summed E-state index contributed by atoms with van der Waals surface area (Å²) in [5, 5.41) is 3.04. The van der Waals surface area contributed by atoms with Crippen molar-refractivity contribution in [2.75, 3.05) is 12.3 Å². The predicted molar refractivity (Wildman–Crippen MR) is 80.0 cm³/mol. The number of anilines is 1. The molecule has 0 heterocycles. The SMILES string of the molecule is Cc1ccc(N)cc1C(=O)NC(C)(CN)CC(C)C. The van der Waals surface area contributed by atoms with Gasteiger partial charge in [0.2, 0.25) is 0 Å². The summed E-state index contributed by atoms with van der Waals surface area (Å²) in [4.78, 5) is 12.4. The molecule has 1 atom stereocenters. The quantitative estimate of drug-likeness (QED) is 0.711. The number of carbonyl (C=O) groups is 1. The molecular formula is C15H25N3O. The third-order valence-corrected chi connectivity index (χ3v) is 3.23. The van der Waals surface area contributed by atoms with E-state index in [2.05, 4.69) is 19.2 Å². The Hall–Kier alpha value is -1.55. The van der Waals surface area contributed by atoms with Crippen LogP contribution in [-0.2, 0) is 0 Å². The lowest BCUT2D eigenvalue weighted by atomic mass is 9.90. The first-order valence-electron chi connectivity index (χ1n) is 6.66. The van der Waals surface area contributed by atoms with Gasteiger partial charge in [-0.3, -0.25) is 4.79 Å². The molecule has 1 amide bonds. The van der Waals surface area contributed by atoms with Crippen molar-refractivity contribution >= 4 is 11.6 Å². The molecule has 0 aliphatic heterocycles. The van der Waals surface area contributed by atoms with Crippen molar-refractivity contribution in [2.45, 2.75) is 39.7 Å². The van der Waals surface area contributed by atoms with Crippen LogP contribution in [0.15, 0.2) is 18.2 Å². The predicted octanol–water partition coefficient (Wildman–Crippen LogP) is 2.07. The molecule has 5 N–H and O–H groups in total. The van der Waals surface area contributed by atoms with Crippen LogP contribution in [0.2, 0.25) is 0 Å². The Morgan fingerprint density at radius 1 is 1.42 bits per heavy atom. The van der Waals surface area contributed by atoms with E-state index >= 15 is 0 Å². The summed E-state index contributed by atoms with van der Waals surface area (Å²) < 4.78 is 0. The van der Waals surface area contributed by atoms with Gasteiger partial charge in [-0.2, -0.15) is 0 Å². The number of rotatable bonds is 5. The van der Waals surface area contributed by atoms with E-state index < -0.39 is 0 Å². The van der Waals surface area contributed by atoms with Crippen LogP contribution in [0.1, 0.15) is 43.1 Å². The number of nitrogens with one attached hydrogen (secondary N) is 1. The summed E-state index contributed by atoms with van der Waals surface area (Å²) in [6.45, 7) is 8.53. The molecule has 1 aromatic carbocycles. The third-order valence-electron chi connectivity index (χ3n) is 3.23. The van der Waals surface area contributed by atoms with Crippen molar-refractivity contribution in [3.8, 4) is 0 Å². The first kappa shape index (κ1) is 15.5. The molecule has 0 saturated heterocycles. The summed E-state index contributed by atoms with van der Waals surface area (Å²) in [6.07, 6.45) is 0.844. The van der Waals surface area contributed by atoms with E-state index in [9.17, 15) is 4.79 Å². The fourth-order valence-electron chi connectivity index (χ4n) is 2.31. The lowest BCUT2D eigenvalue weighted by molar-refractivity contribution is 0.0897. The van der Waals surface area contributed by atoms with E-state index in [1.165, 1.54) is 0 Å². The topological polar surface area (TPSA) is 81.1 Å². The summed E-state index contributed by atoms with van der Waals surface area (Å²) in [6, 6.07) is 5.35. The fraction of sp³-hybridized carbons (Fsp3) is 0.533. The van der Waals surface area contributed by atoms with E-state index in [1.807, 2.05) is 19.9 Å². The Morgan fingerprint density at radius 3 is 2.58 bits per heavy atom. The lowest BCUT2D eigenvalue weighted by Crippen LogP contribution is -2.52. The second kappa shape index (κ2) is 6.06. The molecule has 0 spiro atoms. The molecular weight excluding hydrogens is 238 g/mol. The van der Waals surface area contributed by atoms with Crippen molar-refractivity contribution in [1.29, 1.82) is 0 Å². The van der Waals surface area contributed by atoms with Crippen LogP contribution in [0.4, 0.5) is 5.69 Å². The van der Waals surface area contributed by atoms with Gasteiger partial charge >= 0.3 is 0 Å². The zero-order valence-electron chi connectivity index (χ0n) is 12.3. The highest BCUT2D eigenvalue weighted by molar-refractivity contribution is 5.96. The van der Waals surface area contributed by atoms with E-state index in [-0.39, 0.29) is 11.4 Å². The Morgan fingerprint density at radius 2 is 2.05 bits per heavy atom. The van der Waals surface area contributed by atoms with Crippen LogP contribution in [0.3, 0.4) is 0 Å². The van der Waals surface area contributed by atoms with Gasteiger partial charge in [0, 0.05) is 23.3 Å². The van der Waals surface area contributed by atoms with Gasteiger partial charge in [-0.05, 0) is 43.9 Å². The van der Waals surface area contributed by atoms with Gasteiger partial charge in [0.1, 0.15) is 0 Å². The van der Waals surface area contributed by atoms with Gasteiger partial charge in [-0.15, -0.1) is 0 Å². The molecule has 1 rings (SSSR count). The fourth-order valence-corrected chi connectivity index (χ4v) is 2.31. The molecule has 0 radical (unpaired) electrons. The molecule has 19 heavy (non-hydrogen) atoms. The van der Waals surface area contributed by atoms with Crippen molar-refractivity contribution in [1.82, 2.24) is 5.32 Å². The van der Waals surface area contributed by atoms with E-state index in [0.717, 1.165) is 12.0 Å². The monoisotopic (exact) mass is 263 g/mol. The zero-order chi connectivity index (χ0) is 14.6. The molecule has 1 aromatic rings. The number of nitrogen functional groups attached to an aromatic ring is 1. The Bertz CT molecular complexity index is 457. The molecule has 4 heteroatoms. The van der Waals surface area contributed by atoms with Crippen LogP contribution >= 0.6 is 0 Å². The number of nitrogens with two attached hydrogens (primary N) is 2. The first-order chi connectivity index (χ1) is 8.77. The maximum Gasteiger partial charge on any atom is 0.252 e. The molecule has 0 bridgehead atoms. The first-order valence-corrected chi connectivity index (χ1v) is 6.66. The van der Waals surface area contributed by atoms with Gasteiger partial charge in [0.15, 0.2) is 0 Å². The van der Waals surface area contributed by atoms with Crippen molar-refractivity contribution in [3.63, 3.8) is 0 Å². The van der Waals surface area contributed by atoms with E-state index in [0.29, 0.717) is 23.7 Å². The second-order valence-electron chi connectivity index (χ2n) is 5.89. The zero-order valence-corrected chi connectivity index (χ0v) is 12.3. The summed E-state index contributed by atoms with van der Waals surface area (Å²) in [5.41, 5.74) is 13.3. The van der Waals surface area contributed by atoms with Crippen LogP contribution < -0.4 is 16.8 Å². The number of amides is 1. The Balaban J connectivity index is 2.91. The van der Waals surface area contributed by atoms with Crippen molar-refractivity contribution < 1.29 is 4.79 Å². The van der Waals surface area contributed by atoms with Gasteiger partial charge in [-0.1, -0.05) is 19.9 Å². The largest absolute Gasteiger partial charge is 0.399 e. The van der Waals surface area contributed by atoms with E-state index in [1.54, 1.807) is 12.1 Å². The minimum Gasteiger partial charge on any atom is -0.399 e. The smallest absolute Gasteiger partial charge is 0.252 e. The standard InChI is InChI=1S/C15H25N3O/c1-10(2)8-15(4,9-16)18-14(19)13-7-12(17)6-5-11(13)3/h5-7,10H,8-9,16-17H2,1-4H3,(H,18,19).